The van der Waals surface area contributed by atoms with Gasteiger partial charge < -0.3 is 14.9 Å². The summed E-state index contributed by atoms with van der Waals surface area (Å²) in [5, 5.41) is 18.3. The van der Waals surface area contributed by atoms with Crippen molar-refractivity contribution < 1.29 is 14.4 Å². The van der Waals surface area contributed by atoms with Crippen LogP contribution in [0.5, 0.6) is 0 Å². The van der Waals surface area contributed by atoms with Crippen LogP contribution in [0.4, 0.5) is 10.1 Å². The van der Waals surface area contributed by atoms with E-state index < -0.39 is 12.9 Å². The standard InChI is InChI=1S/C16H19BFNO2/c1-3-12-4-6-16(7-5-12)19(2)11-13-8-14(17(20)21)10-15(18)9-13/h4-10,20-21H,3,11H2,1-2H3. The zero-order chi connectivity index (χ0) is 15.4. The van der Waals surface area contributed by atoms with Gasteiger partial charge in [-0.2, -0.15) is 0 Å². The molecule has 0 saturated heterocycles. The minimum absolute atomic E-state index is 0.166. The van der Waals surface area contributed by atoms with E-state index in [1.807, 2.05) is 24.1 Å². The fraction of sp³-hybridized carbons (Fsp3) is 0.250. The summed E-state index contributed by atoms with van der Waals surface area (Å²) in [5.41, 5.74) is 3.16. The first-order valence-corrected chi connectivity index (χ1v) is 6.95. The van der Waals surface area contributed by atoms with Crippen molar-refractivity contribution in [1.82, 2.24) is 0 Å². The van der Waals surface area contributed by atoms with Crippen molar-refractivity contribution in [2.75, 3.05) is 11.9 Å². The molecule has 0 aliphatic rings. The third-order valence-corrected chi connectivity index (χ3v) is 3.48. The Balaban J connectivity index is 2.16. The van der Waals surface area contributed by atoms with Gasteiger partial charge in [0.25, 0.3) is 0 Å². The first-order chi connectivity index (χ1) is 9.99. The van der Waals surface area contributed by atoms with Gasteiger partial charge in [0.05, 0.1) is 0 Å². The second kappa shape index (κ2) is 6.74. The highest BCUT2D eigenvalue weighted by atomic mass is 19.1. The number of halogens is 1. The molecule has 0 radical (unpaired) electrons. The van der Waals surface area contributed by atoms with E-state index in [1.54, 1.807) is 6.07 Å². The smallest absolute Gasteiger partial charge is 0.423 e. The lowest BCUT2D eigenvalue weighted by molar-refractivity contribution is 0.425. The fourth-order valence-electron chi connectivity index (χ4n) is 2.27. The molecule has 21 heavy (non-hydrogen) atoms. The van der Waals surface area contributed by atoms with E-state index in [1.165, 1.54) is 11.6 Å². The summed E-state index contributed by atoms with van der Waals surface area (Å²) in [7, 11) is 0.259. The van der Waals surface area contributed by atoms with E-state index in [2.05, 4.69) is 19.1 Å². The second-order valence-electron chi connectivity index (χ2n) is 5.14. The van der Waals surface area contributed by atoms with Gasteiger partial charge in [0.1, 0.15) is 5.82 Å². The number of benzene rings is 2. The molecule has 2 rings (SSSR count). The van der Waals surface area contributed by atoms with Crippen molar-refractivity contribution in [3.63, 3.8) is 0 Å². The van der Waals surface area contributed by atoms with E-state index in [9.17, 15) is 4.39 Å². The van der Waals surface area contributed by atoms with Gasteiger partial charge >= 0.3 is 7.12 Å². The predicted octanol–water partition coefficient (Wildman–Crippen LogP) is 1.70. The highest BCUT2D eigenvalue weighted by Gasteiger charge is 2.14. The molecule has 0 spiro atoms. The Morgan fingerprint density at radius 2 is 1.71 bits per heavy atom. The molecule has 0 bridgehead atoms. The molecule has 110 valence electrons. The van der Waals surface area contributed by atoms with Crippen LogP contribution in [0.25, 0.3) is 0 Å². The third-order valence-electron chi connectivity index (χ3n) is 3.48. The topological polar surface area (TPSA) is 43.7 Å². The number of aryl methyl sites for hydroxylation is 1. The van der Waals surface area contributed by atoms with E-state index >= 15 is 0 Å². The van der Waals surface area contributed by atoms with Gasteiger partial charge in [-0.25, -0.2) is 4.39 Å². The normalized spacial score (nSPS) is 10.5. The van der Waals surface area contributed by atoms with Crippen molar-refractivity contribution >= 4 is 18.3 Å². The SMILES string of the molecule is CCc1ccc(N(C)Cc2cc(F)cc(B(O)O)c2)cc1. The molecule has 2 aromatic rings. The molecule has 0 amide bonds. The molecule has 0 aliphatic carbocycles. The Morgan fingerprint density at radius 3 is 2.29 bits per heavy atom. The second-order valence-corrected chi connectivity index (χ2v) is 5.14. The molecule has 0 saturated carbocycles. The summed E-state index contributed by atoms with van der Waals surface area (Å²) in [6.45, 7) is 2.59. The molecule has 0 aliphatic heterocycles. The first-order valence-electron chi connectivity index (χ1n) is 6.95. The summed E-state index contributed by atoms with van der Waals surface area (Å²) in [4.78, 5) is 1.99. The monoisotopic (exact) mass is 287 g/mol. The lowest BCUT2D eigenvalue weighted by Crippen LogP contribution is -2.31. The summed E-state index contributed by atoms with van der Waals surface area (Å²) in [5.74, 6) is -0.467. The Bertz CT molecular complexity index is 602. The fourth-order valence-corrected chi connectivity index (χ4v) is 2.27. The summed E-state index contributed by atoms with van der Waals surface area (Å²) in [6.07, 6.45) is 0.992. The van der Waals surface area contributed by atoms with Gasteiger partial charge in [-0.3, -0.25) is 0 Å². The molecular weight excluding hydrogens is 268 g/mol. The molecule has 0 atom stereocenters. The maximum atomic E-state index is 13.5. The number of rotatable bonds is 5. The average molecular weight is 287 g/mol. The summed E-state index contributed by atoms with van der Waals surface area (Å²) < 4.78 is 13.5. The Hall–Kier alpha value is -1.85. The van der Waals surface area contributed by atoms with Crippen LogP contribution in [0, 0.1) is 5.82 Å². The van der Waals surface area contributed by atoms with Crippen LogP contribution in [0.2, 0.25) is 0 Å². The van der Waals surface area contributed by atoms with Crippen LogP contribution < -0.4 is 10.4 Å². The molecule has 2 N–H and O–H groups in total. The van der Waals surface area contributed by atoms with Gasteiger partial charge in [-0.15, -0.1) is 0 Å². The average Bonchev–Trinajstić information content (AvgIpc) is 2.46. The molecule has 3 nitrogen and oxygen atoms in total. The highest BCUT2D eigenvalue weighted by Crippen LogP contribution is 2.17. The van der Waals surface area contributed by atoms with Crippen LogP contribution in [-0.2, 0) is 13.0 Å². The Kier molecular flexibility index (Phi) is 4.99. The van der Waals surface area contributed by atoms with Gasteiger partial charge in [0.15, 0.2) is 0 Å². The quantitative estimate of drug-likeness (QED) is 0.823. The van der Waals surface area contributed by atoms with Crippen LogP contribution in [0.15, 0.2) is 42.5 Å². The van der Waals surface area contributed by atoms with E-state index in [4.69, 9.17) is 10.0 Å². The zero-order valence-electron chi connectivity index (χ0n) is 12.3. The van der Waals surface area contributed by atoms with Crippen LogP contribution in [-0.4, -0.2) is 24.2 Å². The van der Waals surface area contributed by atoms with Crippen molar-refractivity contribution in [1.29, 1.82) is 0 Å². The van der Waals surface area contributed by atoms with E-state index in [-0.39, 0.29) is 5.46 Å². The lowest BCUT2D eigenvalue weighted by Gasteiger charge is -2.20. The Morgan fingerprint density at radius 1 is 1.05 bits per heavy atom. The largest absolute Gasteiger partial charge is 0.488 e. The van der Waals surface area contributed by atoms with Gasteiger partial charge in [-0.1, -0.05) is 25.1 Å². The number of hydrogen-bond donors (Lipinski definition) is 2. The van der Waals surface area contributed by atoms with Crippen LogP contribution >= 0.6 is 0 Å². The van der Waals surface area contributed by atoms with E-state index in [0.29, 0.717) is 12.1 Å². The van der Waals surface area contributed by atoms with Crippen LogP contribution in [0.3, 0.4) is 0 Å². The minimum atomic E-state index is -1.66. The van der Waals surface area contributed by atoms with Gasteiger partial charge in [0, 0.05) is 19.3 Å². The molecule has 0 fully saturated rings. The third kappa shape index (κ3) is 4.06. The molecule has 0 heterocycles. The van der Waals surface area contributed by atoms with Crippen molar-refractivity contribution in [2.45, 2.75) is 19.9 Å². The van der Waals surface area contributed by atoms with Crippen LogP contribution in [0.1, 0.15) is 18.1 Å². The number of hydrogen-bond acceptors (Lipinski definition) is 3. The zero-order valence-corrected chi connectivity index (χ0v) is 12.3. The maximum Gasteiger partial charge on any atom is 0.488 e. The predicted molar refractivity (Wildman–Crippen MR) is 84.2 cm³/mol. The minimum Gasteiger partial charge on any atom is -0.423 e. The molecule has 0 aromatic heterocycles. The highest BCUT2D eigenvalue weighted by molar-refractivity contribution is 6.58. The molecule has 0 unspecified atom stereocenters. The van der Waals surface area contributed by atoms with Crippen molar-refractivity contribution in [3.8, 4) is 0 Å². The first kappa shape index (κ1) is 15.5. The summed E-state index contributed by atoms with van der Waals surface area (Å²) in [6, 6.07) is 12.3. The maximum absolute atomic E-state index is 13.5. The van der Waals surface area contributed by atoms with Gasteiger partial charge in [-0.05, 0) is 47.3 Å². The lowest BCUT2D eigenvalue weighted by atomic mass is 9.79. The molecule has 2 aromatic carbocycles. The van der Waals surface area contributed by atoms with Gasteiger partial charge in [0.2, 0.25) is 0 Å². The number of anilines is 1. The van der Waals surface area contributed by atoms with Crippen molar-refractivity contribution in [3.05, 3.63) is 59.4 Å². The summed E-state index contributed by atoms with van der Waals surface area (Å²) >= 11 is 0. The van der Waals surface area contributed by atoms with E-state index in [0.717, 1.165) is 18.2 Å². The van der Waals surface area contributed by atoms with Crippen molar-refractivity contribution in [2.24, 2.45) is 0 Å². The molecule has 5 heteroatoms. The molecular formula is C16H19BFNO2. The Labute approximate surface area is 124 Å². The number of nitrogens with zero attached hydrogens (tertiary/aromatic N) is 1.